The van der Waals surface area contributed by atoms with Gasteiger partial charge < -0.3 is 15.0 Å². The van der Waals surface area contributed by atoms with Gasteiger partial charge in [0, 0.05) is 30.8 Å². The fourth-order valence-corrected chi connectivity index (χ4v) is 4.51. The second-order valence-electron chi connectivity index (χ2n) is 8.44. The lowest BCUT2D eigenvalue weighted by molar-refractivity contribution is -0.132. The summed E-state index contributed by atoms with van der Waals surface area (Å²) < 4.78 is 20.0. The third kappa shape index (κ3) is 4.61. The average molecular weight is 397 g/mol. The molecular formula is C24H29FN2O2. The molecule has 154 valence electrons. The molecular weight excluding hydrogens is 367 g/mol. The number of halogens is 1. The SMILES string of the molecule is CC(=O)N(CC1(COc2ccccc2F)CCNCC1)[C@@H]1CC1c1ccccc1. The zero-order valence-electron chi connectivity index (χ0n) is 16.9. The second kappa shape index (κ2) is 8.54. The van der Waals surface area contributed by atoms with Crippen LogP contribution in [0.15, 0.2) is 54.6 Å². The van der Waals surface area contributed by atoms with Gasteiger partial charge in [0.1, 0.15) is 0 Å². The lowest BCUT2D eigenvalue weighted by atomic mass is 9.79. The van der Waals surface area contributed by atoms with Gasteiger partial charge in [-0.15, -0.1) is 0 Å². The molecule has 1 N–H and O–H groups in total. The highest BCUT2D eigenvalue weighted by Crippen LogP contribution is 2.46. The molecule has 1 heterocycles. The minimum atomic E-state index is -0.341. The van der Waals surface area contributed by atoms with Gasteiger partial charge in [-0.1, -0.05) is 42.5 Å². The van der Waals surface area contributed by atoms with Crippen molar-refractivity contribution >= 4 is 5.91 Å². The number of nitrogens with one attached hydrogen (secondary N) is 1. The Morgan fingerprint density at radius 1 is 1.14 bits per heavy atom. The van der Waals surface area contributed by atoms with Crippen molar-refractivity contribution in [3.8, 4) is 5.75 Å². The third-order valence-electron chi connectivity index (χ3n) is 6.33. The first kappa shape index (κ1) is 19.9. The Hall–Kier alpha value is -2.40. The van der Waals surface area contributed by atoms with Crippen LogP contribution in [0.25, 0.3) is 0 Å². The van der Waals surface area contributed by atoms with Gasteiger partial charge in [-0.3, -0.25) is 4.79 Å². The molecule has 4 rings (SSSR count). The molecule has 1 unspecified atom stereocenters. The van der Waals surface area contributed by atoms with E-state index in [9.17, 15) is 9.18 Å². The maximum Gasteiger partial charge on any atom is 0.219 e. The van der Waals surface area contributed by atoms with Crippen molar-refractivity contribution in [2.45, 2.75) is 38.1 Å². The number of ether oxygens (including phenoxy) is 1. The van der Waals surface area contributed by atoms with Gasteiger partial charge in [0.15, 0.2) is 11.6 Å². The number of carbonyl (C=O) groups excluding carboxylic acids is 1. The highest BCUT2D eigenvalue weighted by molar-refractivity contribution is 5.74. The van der Waals surface area contributed by atoms with Crippen LogP contribution in [0.4, 0.5) is 4.39 Å². The number of benzene rings is 2. The summed E-state index contributed by atoms with van der Waals surface area (Å²) in [5.74, 6) is 0.461. The van der Waals surface area contributed by atoms with Crippen LogP contribution in [0.1, 0.15) is 37.7 Å². The first-order valence-corrected chi connectivity index (χ1v) is 10.5. The van der Waals surface area contributed by atoms with E-state index in [1.165, 1.54) is 11.6 Å². The summed E-state index contributed by atoms with van der Waals surface area (Å²) in [6, 6.07) is 17.2. The standard InChI is InChI=1S/C24H29FN2O2/c1-18(28)27(22-15-20(22)19-7-3-2-4-8-19)16-24(11-13-26-14-12-24)17-29-23-10-6-5-9-21(23)25/h2-10,20,22,26H,11-17H2,1H3/t20?,22-/m1/s1. The van der Waals surface area contributed by atoms with Crippen LogP contribution >= 0.6 is 0 Å². The van der Waals surface area contributed by atoms with Crippen LogP contribution in [0, 0.1) is 11.2 Å². The number of carbonyl (C=O) groups is 1. The monoisotopic (exact) mass is 396 g/mol. The zero-order chi connectivity index (χ0) is 20.3. The largest absolute Gasteiger partial charge is 0.490 e. The Morgan fingerprint density at radius 3 is 2.52 bits per heavy atom. The van der Waals surface area contributed by atoms with E-state index in [0.717, 1.165) is 32.4 Å². The predicted molar refractivity (Wildman–Crippen MR) is 111 cm³/mol. The van der Waals surface area contributed by atoms with E-state index in [4.69, 9.17) is 4.74 Å². The molecule has 29 heavy (non-hydrogen) atoms. The van der Waals surface area contributed by atoms with E-state index in [2.05, 4.69) is 29.6 Å². The molecule has 0 aromatic heterocycles. The lowest BCUT2D eigenvalue weighted by Gasteiger charge is -2.41. The molecule has 0 radical (unpaired) electrons. The summed E-state index contributed by atoms with van der Waals surface area (Å²) in [6.07, 6.45) is 2.83. The van der Waals surface area contributed by atoms with E-state index in [-0.39, 0.29) is 28.9 Å². The number of nitrogens with zero attached hydrogens (tertiary/aromatic N) is 1. The smallest absolute Gasteiger partial charge is 0.219 e. The van der Waals surface area contributed by atoms with Crippen LogP contribution in [0.3, 0.4) is 0 Å². The maximum absolute atomic E-state index is 14.0. The molecule has 1 saturated heterocycles. The van der Waals surface area contributed by atoms with Crippen molar-refractivity contribution in [3.05, 3.63) is 66.0 Å². The number of hydrogen-bond donors (Lipinski definition) is 1. The molecule has 0 spiro atoms. The van der Waals surface area contributed by atoms with Gasteiger partial charge in [0.2, 0.25) is 5.91 Å². The number of para-hydroxylation sites is 1. The van der Waals surface area contributed by atoms with Gasteiger partial charge in [-0.25, -0.2) is 4.39 Å². The molecule has 5 heteroatoms. The van der Waals surface area contributed by atoms with E-state index in [1.807, 2.05) is 11.0 Å². The average Bonchev–Trinajstić information content (AvgIpc) is 3.53. The summed E-state index contributed by atoms with van der Waals surface area (Å²) >= 11 is 0. The van der Waals surface area contributed by atoms with E-state index < -0.39 is 0 Å². The summed E-state index contributed by atoms with van der Waals surface area (Å²) in [6.45, 7) is 4.51. The first-order valence-electron chi connectivity index (χ1n) is 10.5. The Balaban J connectivity index is 1.48. The Kier molecular flexibility index (Phi) is 5.86. The van der Waals surface area contributed by atoms with Gasteiger partial charge in [-0.2, -0.15) is 0 Å². The lowest BCUT2D eigenvalue weighted by Crippen LogP contribution is -2.50. The molecule has 1 aliphatic heterocycles. The molecule has 1 aliphatic carbocycles. The Bertz CT molecular complexity index is 836. The quantitative estimate of drug-likeness (QED) is 0.770. The topological polar surface area (TPSA) is 41.6 Å². The maximum atomic E-state index is 14.0. The fraction of sp³-hybridized carbons (Fsp3) is 0.458. The first-order chi connectivity index (χ1) is 14.1. The number of rotatable bonds is 7. The number of hydrogen-bond acceptors (Lipinski definition) is 3. The van der Waals surface area contributed by atoms with E-state index in [1.54, 1.807) is 25.1 Å². The number of amides is 1. The van der Waals surface area contributed by atoms with Crippen LogP contribution in [-0.2, 0) is 4.79 Å². The van der Waals surface area contributed by atoms with Crippen molar-refractivity contribution in [1.82, 2.24) is 10.2 Å². The van der Waals surface area contributed by atoms with Gasteiger partial charge in [0.25, 0.3) is 0 Å². The van der Waals surface area contributed by atoms with Crippen LogP contribution < -0.4 is 10.1 Å². The summed E-state index contributed by atoms with van der Waals surface area (Å²) in [7, 11) is 0. The van der Waals surface area contributed by atoms with Crippen LogP contribution in [0.5, 0.6) is 5.75 Å². The highest BCUT2D eigenvalue weighted by Gasteiger charge is 2.47. The molecule has 2 atom stereocenters. The third-order valence-corrected chi connectivity index (χ3v) is 6.33. The number of piperidine rings is 1. The molecule has 1 amide bonds. The summed E-state index contributed by atoms with van der Waals surface area (Å²) in [5.41, 5.74) is 1.13. The Labute approximate surface area is 172 Å². The molecule has 1 saturated carbocycles. The zero-order valence-corrected chi connectivity index (χ0v) is 16.9. The van der Waals surface area contributed by atoms with E-state index in [0.29, 0.717) is 19.1 Å². The normalized spacial score (nSPS) is 22.7. The van der Waals surface area contributed by atoms with Crippen molar-refractivity contribution in [2.24, 2.45) is 5.41 Å². The Morgan fingerprint density at radius 2 is 1.83 bits per heavy atom. The summed E-state index contributed by atoms with van der Waals surface area (Å²) in [5, 5.41) is 3.40. The summed E-state index contributed by atoms with van der Waals surface area (Å²) in [4.78, 5) is 14.6. The fourth-order valence-electron chi connectivity index (χ4n) is 4.51. The van der Waals surface area contributed by atoms with E-state index >= 15 is 0 Å². The van der Waals surface area contributed by atoms with Gasteiger partial charge in [0.05, 0.1) is 6.61 Å². The predicted octanol–water partition coefficient (Wildman–Crippen LogP) is 3.98. The van der Waals surface area contributed by atoms with Gasteiger partial charge in [-0.05, 0) is 50.0 Å². The van der Waals surface area contributed by atoms with Crippen molar-refractivity contribution in [2.75, 3.05) is 26.2 Å². The van der Waals surface area contributed by atoms with Crippen LogP contribution in [-0.4, -0.2) is 43.1 Å². The minimum Gasteiger partial charge on any atom is -0.490 e. The van der Waals surface area contributed by atoms with Crippen LogP contribution in [0.2, 0.25) is 0 Å². The molecule has 2 fully saturated rings. The van der Waals surface area contributed by atoms with Crippen molar-refractivity contribution in [3.63, 3.8) is 0 Å². The highest BCUT2D eigenvalue weighted by atomic mass is 19.1. The van der Waals surface area contributed by atoms with Gasteiger partial charge >= 0.3 is 0 Å². The second-order valence-corrected chi connectivity index (χ2v) is 8.44. The molecule has 0 bridgehead atoms. The molecule has 2 aromatic carbocycles. The molecule has 4 nitrogen and oxygen atoms in total. The van der Waals surface area contributed by atoms with Crippen molar-refractivity contribution in [1.29, 1.82) is 0 Å². The van der Waals surface area contributed by atoms with Crippen molar-refractivity contribution < 1.29 is 13.9 Å². The molecule has 2 aliphatic rings. The minimum absolute atomic E-state index is 0.109. The molecule has 2 aromatic rings.